The molecule has 112 valence electrons. The van der Waals surface area contributed by atoms with Gasteiger partial charge in [-0.15, -0.1) is 12.4 Å². The van der Waals surface area contributed by atoms with Crippen molar-refractivity contribution in [3.63, 3.8) is 0 Å². The Bertz CT molecular complexity index is 646. The minimum Gasteiger partial charge on any atom is -0.472 e. The summed E-state index contributed by atoms with van der Waals surface area (Å²) in [6.45, 7) is 1.83. The highest BCUT2D eigenvalue weighted by Crippen LogP contribution is 2.20. The van der Waals surface area contributed by atoms with Crippen molar-refractivity contribution in [2.75, 3.05) is 13.1 Å². The quantitative estimate of drug-likeness (QED) is 0.689. The van der Waals surface area contributed by atoms with Crippen molar-refractivity contribution in [2.24, 2.45) is 0 Å². The zero-order valence-electron chi connectivity index (χ0n) is 11.2. The minimum absolute atomic E-state index is 0. The molecule has 0 amide bonds. The summed E-state index contributed by atoms with van der Waals surface area (Å²) in [5, 5.41) is 14.0. The smallest absolute Gasteiger partial charge is 0.271 e. The van der Waals surface area contributed by atoms with Gasteiger partial charge in [0.25, 0.3) is 5.69 Å². The molecule has 8 heteroatoms. The molecule has 1 N–H and O–H groups in total. The van der Waals surface area contributed by atoms with Crippen molar-refractivity contribution in [3.05, 3.63) is 34.5 Å². The van der Waals surface area contributed by atoms with E-state index in [1.165, 1.54) is 18.3 Å². The second kappa shape index (κ2) is 6.64. The minimum atomic E-state index is -0.445. The molecule has 0 saturated carbocycles. The molecule has 1 aromatic carbocycles. The van der Waals surface area contributed by atoms with Gasteiger partial charge in [0, 0.05) is 18.7 Å². The molecule has 1 saturated heterocycles. The average molecular weight is 311 g/mol. The first-order valence-electron chi connectivity index (χ1n) is 6.51. The van der Waals surface area contributed by atoms with Crippen LogP contribution in [-0.2, 0) is 0 Å². The summed E-state index contributed by atoms with van der Waals surface area (Å²) in [5.41, 5.74) is 1.10. The van der Waals surface area contributed by atoms with Gasteiger partial charge in [0.2, 0.25) is 5.88 Å². The fourth-order valence-corrected chi connectivity index (χ4v) is 2.24. The first kappa shape index (κ1) is 15.4. The highest BCUT2D eigenvalue weighted by Gasteiger charge is 2.15. The number of benzene rings is 1. The first-order valence-corrected chi connectivity index (χ1v) is 6.51. The van der Waals surface area contributed by atoms with Gasteiger partial charge >= 0.3 is 0 Å². The van der Waals surface area contributed by atoms with Gasteiger partial charge in [-0.3, -0.25) is 10.1 Å². The molecule has 21 heavy (non-hydrogen) atoms. The molecule has 0 aliphatic carbocycles. The third kappa shape index (κ3) is 3.56. The molecule has 2 heterocycles. The lowest BCUT2D eigenvalue weighted by Crippen LogP contribution is -2.37. The highest BCUT2D eigenvalue weighted by molar-refractivity contribution is 5.85. The van der Waals surface area contributed by atoms with Gasteiger partial charge in [0.05, 0.1) is 22.2 Å². The lowest BCUT2D eigenvalue weighted by molar-refractivity contribution is -0.384. The van der Waals surface area contributed by atoms with Crippen LogP contribution >= 0.6 is 12.4 Å². The number of ether oxygens (including phenoxy) is 1. The van der Waals surface area contributed by atoms with E-state index >= 15 is 0 Å². The molecule has 3 rings (SSSR count). The number of hydrogen-bond donors (Lipinski definition) is 1. The van der Waals surface area contributed by atoms with E-state index in [1.807, 2.05) is 0 Å². The number of halogens is 1. The molecule has 1 aliphatic heterocycles. The topological polar surface area (TPSA) is 90.2 Å². The second-order valence-electron chi connectivity index (χ2n) is 4.72. The van der Waals surface area contributed by atoms with Gasteiger partial charge in [0.15, 0.2) is 0 Å². The largest absolute Gasteiger partial charge is 0.472 e. The molecule has 2 aromatic rings. The van der Waals surface area contributed by atoms with Crippen LogP contribution < -0.4 is 10.1 Å². The van der Waals surface area contributed by atoms with E-state index in [1.54, 1.807) is 6.07 Å². The maximum atomic E-state index is 10.7. The van der Waals surface area contributed by atoms with Crippen LogP contribution in [0.1, 0.15) is 12.8 Å². The maximum absolute atomic E-state index is 10.7. The Hall–Kier alpha value is -1.99. The number of aromatic nitrogens is 2. The zero-order valence-corrected chi connectivity index (χ0v) is 12.0. The lowest BCUT2D eigenvalue weighted by atomic mass is 10.1. The fourth-order valence-electron chi connectivity index (χ4n) is 2.24. The van der Waals surface area contributed by atoms with E-state index in [2.05, 4.69) is 15.3 Å². The van der Waals surface area contributed by atoms with Crippen molar-refractivity contribution < 1.29 is 9.66 Å². The van der Waals surface area contributed by atoms with E-state index in [9.17, 15) is 10.1 Å². The number of piperidine rings is 1. The average Bonchev–Trinajstić information content (AvgIpc) is 2.47. The van der Waals surface area contributed by atoms with Crippen molar-refractivity contribution in [1.29, 1.82) is 0 Å². The molecule has 0 radical (unpaired) electrons. The van der Waals surface area contributed by atoms with E-state index < -0.39 is 4.92 Å². The summed E-state index contributed by atoms with van der Waals surface area (Å²) in [7, 11) is 0. The predicted molar refractivity (Wildman–Crippen MR) is 80.0 cm³/mol. The monoisotopic (exact) mass is 310 g/mol. The summed E-state index contributed by atoms with van der Waals surface area (Å²) in [6, 6.07) is 4.42. The highest BCUT2D eigenvalue weighted by atomic mass is 35.5. The summed E-state index contributed by atoms with van der Waals surface area (Å²) < 4.78 is 5.77. The zero-order chi connectivity index (χ0) is 13.9. The number of fused-ring (bicyclic) bond motifs is 1. The van der Waals surface area contributed by atoms with Crippen LogP contribution in [0.2, 0.25) is 0 Å². The molecule has 1 aromatic heterocycles. The third-order valence-electron chi connectivity index (χ3n) is 3.25. The lowest BCUT2D eigenvalue weighted by Gasteiger charge is -2.23. The van der Waals surface area contributed by atoms with Gasteiger partial charge in [-0.25, -0.2) is 9.97 Å². The van der Waals surface area contributed by atoms with E-state index in [4.69, 9.17) is 4.74 Å². The molecule has 1 unspecified atom stereocenters. The summed E-state index contributed by atoms with van der Waals surface area (Å²) in [5.74, 6) is 0.458. The maximum Gasteiger partial charge on any atom is 0.271 e. The van der Waals surface area contributed by atoms with E-state index in [-0.39, 0.29) is 24.2 Å². The van der Waals surface area contributed by atoms with Gasteiger partial charge in [0.1, 0.15) is 6.10 Å². The molecule has 0 bridgehead atoms. The van der Waals surface area contributed by atoms with Crippen LogP contribution in [-0.4, -0.2) is 34.1 Å². The van der Waals surface area contributed by atoms with Crippen LogP contribution in [0.4, 0.5) is 5.69 Å². The Balaban J connectivity index is 0.00000161. The van der Waals surface area contributed by atoms with Gasteiger partial charge in [-0.2, -0.15) is 0 Å². The Morgan fingerprint density at radius 1 is 1.38 bits per heavy atom. The third-order valence-corrected chi connectivity index (χ3v) is 3.25. The number of nitrogens with one attached hydrogen (secondary N) is 1. The molecule has 1 aliphatic rings. The summed E-state index contributed by atoms with van der Waals surface area (Å²) >= 11 is 0. The van der Waals surface area contributed by atoms with Crippen LogP contribution in [0, 0.1) is 10.1 Å². The summed E-state index contributed by atoms with van der Waals surface area (Å²) in [6.07, 6.45) is 3.69. The number of rotatable bonds is 3. The molecule has 0 spiro atoms. The first-order chi connectivity index (χ1) is 9.72. The van der Waals surface area contributed by atoms with Crippen molar-refractivity contribution in [3.8, 4) is 5.88 Å². The molecular formula is C13H15ClN4O3. The van der Waals surface area contributed by atoms with Gasteiger partial charge in [-0.1, -0.05) is 0 Å². The van der Waals surface area contributed by atoms with Gasteiger partial charge in [-0.05, 0) is 25.5 Å². The number of nitrogens with zero attached hydrogens (tertiary/aromatic N) is 3. The molecule has 1 atom stereocenters. The molecule has 7 nitrogen and oxygen atoms in total. The van der Waals surface area contributed by atoms with E-state index in [0.717, 1.165) is 25.9 Å². The number of non-ortho nitro benzene ring substituents is 1. The van der Waals surface area contributed by atoms with Crippen LogP contribution in [0.25, 0.3) is 11.0 Å². The number of nitro groups is 1. The van der Waals surface area contributed by atoms with Gasteiger partial charge < -0.3 is 10.1 Å². The predicted octanol–water partition coefficient (Wildman–Crippen LogP) is 2.09. The SMILES string of the molecule is Cl.O=[N+]([O-])c1ccc2nc(OC3CCCNC3)cnc2c1. The van der Waals surface area contributed by atoms with Crippen molar-refractivity contribution in [1.82, 2.24) is 15.3 Å². The Labute approximate surface area is 127 Å². The molecular weight excluding hydrogens is 296 g/mol. The number of nitro benzene ring substituents is 1. The number of hydrogen-bond acceptors (Lipinski definition) is 6. The van der Waals surface area contributed by atoms with Crippen LogP contribution in [0.15, 0.2) is 24.4 Å². The summed E-state index contributed by atoms with van der Waals surface area (Å²) in [4.78, 5) is 18.8. The Kier molecular flexibility index (Phi) is 4.87. The van der Waals surface area contributed by atoms with Crippen molar-refractivity contribution in [2.45, 2.75) is 18.9 Å². The normalized spacial score (nSPS) is 18.0. The van der Waals surface area contributed by atoms with Crippen molar-refractivity contribution >= 4 is 29.1 Å². The second-order valence-corrected chi connectivity index (χ2v) is 4.72. The van der Waals surface area contributed by atoms with Crippen LogP contribution in [0.3, 0.4) is 0 Å². The Morgan fingerprint density at radius 3 is 2.95 bits per heavy atom. The van der Waals surface area contributed by atoms with E-state index in [0.29, 0.717) is 16.9 Å². The van der Waals surface area contributed by atoms with Crippen LogP contribution in [0.5, 0.6) is 5.88 Å². The standard InChI is InChI=1S/C13H14N4O3.ClH/c18-17(19)9-3-4-11-12(6-9)15-8-13(16-11)20-10-2-1-5-14-7-10;/h3-4,6,8,10,14H,1-2,5,7H2;1H. The molecule has 1 fully saturated rings. The Morgan fingerprint density at radius 2 is 2.24 bits per heavy atom. The fraction of sp³-hybridized carbons (Fsp3) is 0.385.